The Balaban J connectivity index is 2.11. The fourth-order valence-corrected chi connectivity index (χ4v) is 2.71. The predicted molar refractivity (Wildman–Crippen MR) is 81.9 cm³/mol. The summed E-state index contributed by atoms with van der Waals surface area (Å²) in [5.41, 5.74) is 1.02. The molecule has 92 valence electrons. The van der Waals surface area contributed by atoms with Crippen molar-refractivity contribution in [3.05, 3.63) is 65.6 Å². The van der Waals surface area contributed by atoms with Crippen molar-refractivity contribution in [2.75, 3.05) is 0 Å². The highest BCUT2D eigenvalue weighted by Gasteiger charge is 2.16. The molecule has 1 heterocycles. The van der Waals surface area contributed by atoms with Gasteiger partial charge in [-0.3, -0.25) is 0 Å². The summed E-state index contributed by atoms with van der Waals surface area (Å²) in [6.07, 6.45) is 7.88. The lowest BCUT2D eigenvalue weighted by atomic mass is 10.2. The highest BCUT2D eigenvalue weighted by molar-refractivity contribution is 8.18. The van der Waals surface area contributed by atoms with Gasteiger partial charge >= 0.3 is 0 Å². The lowest BCUT2D eigenvalue weighted by Crippen LogP contribution is -2.02. The molecule has 0 aliphatic carbocycles. The Morgan fingerprint density at radius 3 is 3.06 bits per heavy atom. The second-order valence-corrected chi connectivity index (χ2v) is 5.12. The lowest BCUT2D eigenvalue weighted by Gasteiger charge is -2.14. The van der Waals surface area contributed by atoms with E-state index in [0.29, 0.717) is 0 Å². The molecule has 1 aromatic rings. The number of fused-ring (bicyclic) bond motifs is 1. The standard InChI is InChI=1S/C14H13NOS2/c1-3-4-5-8-11(2)17-14-12-9-6-7-10-13(12)16-18-15-14/h3-10H,2H2,1H3/b4-3-,8-5-. The van der Waals surface area contributed by atoms with Gasteiger partial charge < -0.3 is 4.18 Å². The number of para-hydroxylation sites is 1. The molecule has 0 bridgehead atoms. The van der Waals surface area contributed by atoms with Gasteiger partial charge in [-0.15, -0.1) is 0 Å². The Bertz CT molecular complexity index is 532. The maximum atomic E-state index is 5.39. The molecule has 0 saturated carbocycles. The van der Waals surface area contributed by atoms with Crippen LogP contribution in [0, 0.1) is 0 Å². The third-order valence-electron chi connectivity index (χ3n) is 2.18. The van der Waals surface area contributed by atoms with Crippen LogP contribution in [0.3, 0.4) is 0 Å². The Morgan fingerprint density at radius 2 is 2.22 bits per heavy atom. The maximum Gasteiger partial charge on any atom is 0.202 e. The average molecular weight is 275 g/mol. The SMILES string of the molecule is C=C(/C=C\C=C/C)SC1=NSOc2ccccc21. The van der Waals surface area contributed by atoms with Gasteiger partial charge in [0.2, 0.25) is 12.2 Å². The molecule has 0 aromatic heterocycles. The van der Waals surface area contributed by atoms with Crippen LogP contribution in [-0.2, 0) is 0 Å². The first kappa shape index (κ1) is 13.1. The van der Waals surface area contributed by atoms with Crippen molar-refractivity contribution in [2.45, 2.75) is 6.92 Å². The van der Waals surface area contributed by atoms with Gasteiger partial charge in [-0.25, -0.2) is 0 Å². The maximum absolute atomic E-state index is 5.39. The van der Waals surface area contributed by atoms with Crippen LogP contribution in [0.1, 0.15) is 12.5 Å². The minimum absolute atomic E-state index is 0.852. The minimum atomic E-state index is 0.852. The number of benzene rings is 1. The van der Waals surface area contributed by atoms with E-state index in [0.717, 1.165) is 33.5 Å². The number of hydrogen-bond donors (Lipinski definition) is 0. The third kappa shape index (κ3) is 3.31. The van der Waals surface area contributed by atoms with Crippen LogP contribution in [0.2, 0.25) is 0 Å². The van der Waals surface area contributed by atoms with Crippen LogP contribution in [0.15, 0.2) is 64.5 Å². The van der Waals surface area contributed by atoms with E-state index in [1.807, 2.05) is 55.5 Å². The summed E-state index contributed by atoms with van der Waals surface area (Å²) in [6.45, 7) is 5.99. The van der Waals surface area contributed by atoms with Crippen molar-refractivity contribution in [2.24, 2.45) is 4.40 Å². The van der Waals surface area contributed by atoms with Gasteiger partial charge in [0.1, 0.15) is 10.8 Å². The molecule has 1 aliphatic heterocycles. The molecule has 0 fully saturated rings. The summed E-state index contributed by atoms with van der Waals surface area (Å²) in [5.74, 6) is 0.852. The van der Waals surface area contributed by atoms with E-state index in [1.165, 1.54) is 0 Å². The molecule has 0 unspecified atom stereocenters. The summed E-state index contributed by atoms with van der Waals surface area (Å²) in [4.78, 5) is 0.948. The van der Waals surface area contributed by atoms with E-state index >= 15 is 0 Å². The second kappa shape index (κ2) is 6.52. The van der Waals surface area contributed by atoms with Crippen molar-refractivity contribution >= 4 is 29.0 Å². The molecule has 0 atom stereocenters. The molecule has 0 amide bonds. The molecule has 0 radical (unpaired) electrons. The molecule has 1 aliphatic rings. The van der Waals surface area contributed by atoms with Gasteiger partial charge in [0, 0.05) is 4.91 Å². The van der Waals surface area contributed by atoms with E-state index in [2.05, 4.69) is 11.0 Å². The van der Waals surface area contributed by atoms with Crippen molar-refractivity contribution in [3.8, 4) is 5.75 Å². The Kier molecular flexibility index (Phi) is 4.73. The van der Waals surface area contributed by atoms with Crippen LogP contribution in [0.5, 0.6) is 5.75 Å². The third-order valence-corrected chi connectivity index (χ3v) is 3.71. The zero-order valence-electron chi connectivity index (χ0n) is 10.00. The molecule has 4 heteroatoms. The Hall–Kier alpha value is -1.39. The number of rotatable bonds is 3. The van der Waals surface area contributed by atoms with Crippen molar-refractivity contribution in [3.63, 3.8) is 0 Å². The zero-order chi connectivity index (χ0) is 12.8. The summed E-state index contributed by atoms with van der Waals surface area (Å²) in [6, 6.07) is 7.88. The lowest BCUT2D eigenvalue weighted by molar-refractivity contribution is 0.643. The van der Waals surface area contributed by atoms with Gasteiger partial charge in [-0.05, 0) is 25.1 Å². The fraction of sp³-hybridized carbons (Fsp3) is 0.0714. The number of allylic oxidation sites excluding steroid dienone is 4. The molecular formula is C14H13NOS2. The van der Waals surface area contributed by atoms with Gasteiger partial charge in [0.05, 0.1) is 5.56 Å². The van der Waals surface area contributed by atoms with Gasteiger partial charge in [0.25, 0.3) is 0 Å². The van der Waals surface area contributed by atoms with Crippen LogP contribution < -0.4 is 4.18 Å². The quantitative estimate of drug-likeness (QED) is 0.450. The van der Waals surface area contributed by atoms with Crippen LogP contribution in [0.25, 0.3) is 0 Å². The first-order chi connectivity index (χ1) is 8.81. The average Bonchev–Trinajstić information content (AvgIpc) is 2.39. The highest BCUT2D eigenvalue weighted by atomic mass is 32.2. The highest BCUT2D eigenvalue weighted by Crippen LogP contribution is 2.34. The summed E-state index contributed by atoms with van der Waals surface area (Å²) in [5, 5.41) is 0.928. The van der Waals surface area contributed by atoms with Gasteiger partial charge in [0.15, 0.2) is 0 Å². The minimum Gasteiger partial charge on any atom is -0.403 e. The van der Waals surface area contributed by atoms with Crippen molar-refractivity contribution in [1.82, 2.24) is 0 Å². The molecule has 18 heavy (non-hydrogen) atoms. The van der Waals surface area contributed by atoms with E-state index in [4.69, 9.17) is 4.18 Å². The second-order valence-electron chi connectivity index (χ2n) is 3.50. The summed E-state index contributed by atoms with van der Waals surface area (Å²) >= 11 is 2.65. The van der Waals surface area contributed by atoms with Crippen LogP contribution in [-0.4, -0.2) is 5.04 Å². The molecule has 0 spiro atoms. The van der Waals surface area contributed by atoms with Crippen molar-refractivity contribution < 1.29 is 4.18 Å². The Labute approximate surface area is 116 Å². The predicted octanol–water partition coefficient (Wildman–Crippen LogP) is 4.77. The molecule has 0 saturated heterocycles. The number of hydrogen-bond acceptors (Lipinski definition) is 4. The molecule has 2 nitrogen and oxygen atoms in total. The molecule has 1 aromatic carbocycles. The monoisotopic (exact) mass is 275 g/mol. The molecular weight excluding hydrogens is 262 g/mol. The number of nitrogens with zero attached hydrogens (tertiary/aromatic N) is 1. The first-order valence-electron chi connectivity index (χ1n) is 5.48. The van der Waals surface area contributed by atoms with E-state index in [1.54, 1.807) is 11.8 Å². The zero-order valence-corrected chi connectivity index (χ0v) is 11.6. The van der Waals surface area contributed by atoms with E-state index in [9.17, 15) is 0 Å². The van der Waals surface area contributed by atoms with Crippen LogP contribution >= 0.6 is 24.0 Å². The van der Waals surface area contributed by atoms with E-state index in [-0.39, 0.29) is 0 Å². The normalized spacial score (nSPS) is 14.4. The summed E-state index contributed by atoms with van der Waals surface area (Å²) < 4.78 is 9.69. The number of thioether (sulfide) groups is 1. The Morgan fingerprint density at radius 1 is 1.39 bits per heavy atom. The van der Waals surface area contributed by atoms with Crippen LogP contribution in [0.4, 0.5) is 0 Å². The molecule has 2 rings (SSSR count). The van der Waals surface area contributed by atoms with Gasteiger partial charge in [-0.2, -0.15) is 4.40 Å². The van der Waals surface area contributed by atoms with Crippen molar-refractivity contribution in [1.29, 1.82) is 0 Å². The fourth-order valence-electron chi connectivity index (χ4n) is 1.36. The first-order valence-corrected chi connectivity index (χ1v) is 7.00. The molecule has 0 N–H and O–H groups in total. The topological polar surface area (TPSA) is 21.6 Å². The van der Waals surface area contributed by atoms with E-state index < -0.39 is 0 Å². The summed E-state index contributed by atoms with van der Waals surface area (Å²) in [7, 11) is 0. The smallest absolute Gasteiger partial charge is 0.202 e. The van der Waals surface area contributed by atoms with Gasteiger partial charge in [-0.1, -0.05) is 48.7 Å². The largest absolute Gasteiger partial charge is 0.403 e.